The van der Waals surface area contributed by atoms with Crippen LogP contribution in [0, 0.1) is 6.92 Å². The molecule has 0 aliphatic carbocycles. The predicted molar refractivity (Wildman–Crippen MR) is 126 cm³/mol. The Morgan fingerprint density at radius 1 is 1.18 bits per heavy atom. The lowest BCUT2D eigenvalue weighted by atomic mass is 10.2. The predicted octanol–water partition coefficient (Wildman–Crippen LogP) is 3.57. The van der Waals surface area contributed by atoms with Gasteiger partial charge in [-0.3, -0.25) is 4.79 Å². The van der Waals surface area contributed by atoms with Crippen molar-refractivity contribution in [2.75, 3.05) is 31.1 Å². The summed E-state index contributed by atoms with van der Waals surface area (Å²) < 4.78 is 8.09. The van der Waals surface area contributed by atoms with Gasteiger partial charge in [-0.1, -0.05) is 29.8 Å². The molecule has 0 N–H and O–H groups in total. The SMILES string of the molecule is Cc1nc(N2CCN3C(=O)CC=C3C2)c2nc(-c3ccccc3Cl)n(CC3CCCO3)c2n1. The number of carbonyl (C=O) groups is 1. The zero-order chi connectivity index (χ0) is 22.5. The molecule has 5 heterocycles. The maximum absolute atomic E-state index is 12.1. The summed E-state index contributed by atoms with van der Waals surface area (Å²) in [6.45, 7) is 5.36. The van der Waals surface area contributed by atoms with E-state index >= 15 is 0 Å². The molecule has 0 spiro atoms. The van der Waals surface area contributed by atoms with Crippen molar-refractivity contribution in [3.63, 3.8) is 0 Å². The van der Waals surface area contributed by atoms with Gasteiger partial charge in [-0.05, 0) is 31.9 Å². The van der Waals surface area contributed by atoms with E-state index in [4.69, 9.17) is 31.3 Å². The molecule has 33 heavy (non-hydrogen) atoms. The van der Waals surface area contributed by atoms with Crippen molar-refractivity contribution in [3.05, 3.63) is 46.9 Å². The number of fused-ring (bicyclic) bond motifs is 2. The molecule has 3 aliphatic rings. The number of benzene rings is 1. The summed E-state index contributed by atoms with van der Waals surface area (Å²) in [6.07, 6.45) is 4.71. The van der Waals surface area contributed by atoms with Crippen LogP contribution >= 0.6 is 11.6 Å². The molecule has 0 saturated carbocycles. The van der Waals surface area contributed by atoms with Crippen LogP contribution in [0.1, 0.15) is 25.1 Å². The normalized spacial score (nSPS) is 20.6. The standard InChI is InChI=1S/C24H25ClN6O2/c1-15-26-23(29-10-11-30-16(13-29)8-9-20(30)32)21-24(27-15)31(14-17-5-4-12-33-17)22(28-21)18-6-2-3-7-19(18)25/h2-3,6-8,17H,4-5,9-14H2,1H3. The lowest BCUT2D eigenvalue weighted by Crippen LogP contribution is -2.45. The summed E-state index contributed by atoms with van der Waals surface area (Å²) in [5, 5.41) is 0.649. The van der Waals surface area contributed by atoms with E-state index in [0.29, 0.717) is 43.4 Å². The zero-order valence-corrected chi connectivity index (χ0v) is 19.3. The van der Waals surface area contributed by atoms with Crippen LogP contribution in [-0.2, 0) is 16.1 Å². The molecular formula is C24H25ClN6O2. The fourth-order valence-corrected chi connectivity index (χ4v) is 5.23. The van der Waals surface area contributed by atoms with Crippen LogP contribution in [0.4, 0.5) is 5.82 Å². The van der Waals surface area contributed by atoms with E-state index in [1.165, 1.54) is 0 Å². The largest absolute Gasteiger partial charge is 0.376 e. The minimum Gasteiger partial charge on any atom is -0.376 e. The number of hydrogen-bond donors (Lipinski definition) is 0. The van der Waals surface area contributed by atoms with Gasteiger partial charge in [-0.25, -0.2) is 15.0 Å². The van der Waals surface area contributed by atoms with Crippen molar-refractivity contribution < 1.29 is 9.53 Å². The zero-order valence-electron chi connectivity index (χ0n) is 18.5. The molecule has 6 rings (SSSR count). The fraction of sp³-hybridized carbons (Fsp3) is 0.417. The van der Waals surface area contributed by atoms with Gasteiger partial charge in [0.1, 0.15) is 11.6 Å². The maximum Gasteiger partial charge on any atom is 0.230 e. The topological polar surface area (TPSA) is 76.4 Å². The second-order valence-corrected chi connectivity index (χ2v) is 9.20. The highest BCUT2D eigenvalue weighted by Crippen LogP contribution is 2.35. The first-order valence-electron chi connectivity index (χ1n) is 11.4. The minimum atomic E-state index is 0.126. The Labute approximate surface area is 196 Å². The Kier molecular flexibility index (Phi) is 5.07. The number of anilines is 1. The van der Waals surface area contributed by atoms with Gasteiger partial charge in [-0.15, -0.1) is 0 Å². The Hall–Kier alpha value is -2.97. The molecule has 1 amide bonds. The van der Waals surface area contributed by atoms with E-state index in [-0.39, 0.29) is 12.0 Å². The van der Waals surface area contributed by atoms with Crippen molar-refractivity contribution in [3.8, 4) is 11.4 Å². The Balaban J connectivity index is 1.49. The van der Waals surface area contributed by atoms with Gasteiger partial charge in [0.25, 0.3) is 0 Å². The first-order valence-corrected chi connectivity index (χ1v) is 11.8. The average molecular weight is 465 g/mol. The quantitative estimate of drug-likeness (QED) is 0.587. The van der Waals surface area contributed by atoms with Crippen molar-refractivity contribution in [2.24, 2.45) is 0 Å². The van der Waals surface area contributed by atoms with E-state index < -0.39 is 0 Å². The van der Waals surface area contributed by atoms with Gasteiger partial charge < -0.3 is 19.1 Å². The molecule has 0 bridgehead atoms. The molecule has 3 aromatic rings. The lowest BCUT2D eigenvalue weighted by molar-refractivity contribution is -0.127. The molecule has 3 aliphatic heterocycles. The smallest absolute Gasteiger partial charge is 0.230 e. The molecule has 2 aromatic heterocycles. The third-order valence-corrected chi connectivity index (χ3v) is 6.95. The van der Waals surface area contributed by atoms with Crippen molar-refractivity contribution in [1.29, 1.82) is 0 Å². The van der Waals surface area contributed by atoms with Crippen molar-refractivity contribution in [2.45, 2.75) is 38.8 Å². The molecule has 2 fully saturated rings. The summed E-state index contributed by atoms with van der Waals surface area (Å²) in [5.41, 5.74) is 3.46. The van der Waals surface area contributed by atoms with E-state index in [0.717, 1.165) is 53.5 Å². The third-order valence-electron chi connectivity index (χ3n) is 6.62. The number of rotatable bonds is 4. The Bertz CT molecular complexity index is 1280. The Morgan fingerprint density at radius 2 is 2.06 bits per heavy atom. The number of ether oxygens (including phenoxy) is 1. The van der Waals surface area contributed by atoms with E-state index in [1.807, 2.05) is 42.2 Å². The molecule has 8 nitrogen and oxygen atoms in total. The molecule has 2 saturated heterocycles. The fourth-order valence-electron chi connectivity index (χ4n) is 5.01. The summed E-state index contributed by atoms with van der Waals surface area (Å²) in [5.74, 6) is 2.45. The number of imidazole rings is 1. The number of halogens is 1. The summed E-state index contributed by atoms with van der Waals surface area (Å²) in [6, 6.07) is 7.76. The van der Waals surface area contributed by atoms with Crippen LogP contribution in [0.5, 0.6) is 0 Å². The third kappa shape index (κ3) is 3.57. The molecule has 0 radical (unpaired) electrons. The number of aryl methyl sites for hydroxylation is 1. The first-order chi connectivity index (χ1) is 16.1. The van der Waals surface area contributed by atoms with Crippen LogP contribution in [0.2, 0.25) is 5.02 Å². The highest BCUT2D eigenvalue weighted by molar-refractivity contribution is 6.33. The van der Waals surface area contributed by atoms with Gasteiger partial charge in [-0.2, -0.15) is 0 Å². The highest BCUT2D eigenvalue weighted by atomic mass is 35.5. The summed E-state index contributed by atoms with van der Waals surface area (Å²) >= 11 is 6.59. The molecule has 9 heteroatoms. The average Bonchev–Trinajstić information content (AvgIpc) is 3.54. The van der Waals surface area contributed by atoms with Crippen LogP contribution < -0.4 is 4.90 Å². The van der Waals surface area contributed by atoms with Crippen LogP contribution in [0.15, 0.2) is 36.0 Å². The maximum atomic E-state index is 12.1. The van der Waals surface area contributed by atoms with E-state index in [1.54, 1.807) is 0 Å². The van der Waals surface area contributed by atoms with Crippen molar-refractivity contribution in [1.82, 2.24) is 24.4 Å². The highest BCUT2D eigenvalue weighted by Gasteiger charge is 2.32. The van der Waals surface area contributed by atoms with Gasteiger partial charge in [0.05, 0.1) is 24.2 Å². The molecule has 170 valence electrons. The monoisotopic (exact) mass is 464 g/mol. The van der Waals surface area contributed by atoms with E-state index in [2.05, 4.69) is 9.47 Å². The number of carbonyl (C=O) groups excluding carboxylic acids is 1. The first kappa shape index (κ1) is 20.6. The van der Waals surface area contributed by atoms with Gasteiger partial charge in [0.15, 0.2) is 17.0 Å². The van der Waals surface area contributed by atoms with Gasteiger partial charge in [0.2, 0.25) is 5.91 Å². The van der Waals surface area contributed by atoms with Crippen LogP contribution in [0.25, 0.3) is 22.6 Å². The second-order valence-electron chi connectivity index (χ2n) is 8.79. The van der Waals surface area contributed by atoms with Crippen LogP contribution in [0.3, 0.4) is 0 Å². The van der Waals surface area contributed by atoms with Gasteiger partial charge in [0, 0.05) is 37.4 Å². The summed E-state index contributed by atoms with van der Waals surface area (Å²) in [4.78, 5) is 30.9. The molecular weight excluding hydrogens is 440 g/mol. The van der Waals surface area contributed by atoms with E-state index in [9.17, 15) is 4.79 Å². The number of amides is 1. The number of piperazine rings is 1. The van der Waals surface area contributed by atoms with Gasteiger partial charge >= 0.3 is 0 Å². The van der Waals surface area contributed by atoms with Crippen molar-refractivity contribution >= 4 is 34.5 Å². The lowest BCUT2D eigenvalue weighted by Gasteiger charge is -2.35. The molecule has 1 unspecified atom stereocenters. The number of hydrogen-bond acceptors (Lipinski definition) is 6. The minimum absolute atomic E-state index is 0.126. The summed E-state index contributed by atoms with van der Waals surface area (Å²) in [7, 11) is 0. The number of nitrogens with zero attached hydrogens (tertiary/aromatic N) is 6. The Morgan fingerprint density at radius 3 is 2.88 bits per heavy atom. The molecule has 1 aromatic carbocycles. The number of aromatic nitrogens is 4. The van der Waals surface area contributed by atoms with Crippen LogP contribution in [-0.4, -0.2) is 62.7 Å². The second kappa shape index (κ2) is 8.11. The molecule has 1 atom stereocenters.